The number of sulfonamides is 1. The van der Waals surface area contributed by atoms with Gasteiger partial charge in [-0.1, -0.05) is 31.5 Å². The average molecular weight is 311 g/mol. The van der Waals surface area contributed by atoms with Gasteiger partial charge in [-0.2, -0.15) is 0 Å². The molecule has 0 aliphatic rings. The minimum absolute atomic E-state index is 0.0370. The molecule has 0 atom stereocenters. The molecule has 0 unspecified atom stereocenters. The lowest BCUT2D eigenvalue weighted by Crippen LogP contribution is -2.15. The quantitative estimate of drug-likeness (QED) is 0.915. The van der Waals surface area contributed by atoms with Gasteiger partial charge in [0, 0.05) is 0 Å². The van der Waals surface area contributed by atoms with Crippen LogP contribution < -0.4 is 4.72 Å². The van der Waals surface area contributed by atoms with Gasteiger partial charge in [-0.05, 0) is 36.2 Å². The molecule has 0 aliphatic carbocycles. The second-order valence-electron chi connectivity index (χ2n) is 4.60. The van der Waals surface area contributed by atoms with Crippen molar-refractivity contribution in [2.45, 2.75) is 24.7 Å². The van der Waals surface area contributed by atoms with Gasteiger partial charge in [0.2, 0.25) is 0 Å². The predicted octanol–water partition coefficient (Wildman–Crippen LogP) is 3.72. The zero-order chi connectivity index (χ0) is 15.5. The standard InChI is InChI=1S/C15H15F2NO2S/c1-2-4-11-7-9-12(10-8-11)21(19,20)18-15-13(16)5-3-6-14(15)17/h3,5-10,18H,2,4H2,1H3. The second kappa shape index (κ2) is 6.22. The van der Waals surface area contributed by atoms with E-state index in [0.717, 1.165) is 30.5 Å². The van der Waals surface area contributed by atoms with E-state index >= 15 is 0 Å². The van der Waals surface area contributed by atoms with E-state index in [4.69, 9.17) is 0 Å². The summed E-state index contributed by atoms with van der Waals surface area (Å²) in [6, 6.07) is 9.38. The highest BCUT2D eigenvalue weighted by atomic mass is 32.2. The SMILES string of the molecule is CCCc1ccc(S(=O)(=O)Nc2c(F)cccc2F)cc1. The molecular formula is C15H15F2NO2S. The first-order chi connectivity index (χ1) is 9.94. The Kier molecular flexibility index (Phi) is 4.57. The zero-order valence-corrected chi connectivity index (χ0v) is 12.3. The molecule has 0 fully saturated rings. The third-order valence-corrected chi connectivity index (χ3v) is 4.34. The molecule has 3 nitrogen and oxygen atoms in total. The third kappa shape index (κ3) is 3.58. The van der Waals surface area contributed by atoms with Crippen molar-refractivity contribution < 1.29 is 17.2 Å². The number of rotatable bonds is 5. The fourth-order valence-electron chi connectivity index (χ4n) is 1.91. The normalized spacial score (nSPS) is 11.4. The van der Waals surface area contributed by atoms with E-state index in [-0.39, 0.29) is 4.90 Å². The van der Waals surface area contributed by atoms with E-state index in [9.17, 15) is 17.2 Å². The highest BCUT2D eigenvalue weighted by Gasteiger charge is 2.18. The van der Waals surface area contributed by atoms with Crippen molar-refractivity contribution in [3.05, 3.63) is 59.7 Å². The van der Waals surface area contributed by atoms with E-state index in [1.54, 1.807) is 12.1 Å². The summed E-state index contributed by atoms with van der Waals surface area (Å²) in [7, 11) is -4.02. The Morgan fingerprint density at radius 3 is 2.10 bits per heavy atom. The van der Waals surface area contributed by atoms with Crippen molar-refractivity contribution in [1.82, 2.24) is 0 Å². The molecule has 6 heteroatoms. The molecule has 2 rings (SSSR count). The first-order valence-electron chi connectivity index (χ1n) is 6.50. The van der Waals surface area contributed by atoms with Gasteiger partial charge in [0.25, 0.3) is 10.0 Å². The predicted molar refractivity (Wildman–Crippen MR) is 77.6 cm³/mol. The van der Waals surface area contributed by atoms with Crippen LogP contribution in [0.2, 0.25) is 0 Å². The van der Waals surface area contributed by atoms with Crippen LogP contribution in [0, 0.1) is 11.6 Å². The first-order valence-corrected chi connectivity index (χ1v) is 7.98. The van der Waals surface area contributed by atoms with Crippen molar-refractivity contribution in [1.29, 1.82) is 0 Å². The monoisotopic (exact) mass is 311 g/mol. The van der Waals surface area contributed by atoms with Gasteiger partial charge >= 0.3 is 0 Å². The number of aryl methyl sites for hydroxylation is 1. The summed E-state index contributed by atoms with van der Waals surface area (Å²) >= 11 is 0. The summed E-state index contributed by atoms with van der Waals surface area (Å²) in [6.45, 7) is 2.02. The van der Waals surface area contributed by atoms with Gasteiger partial charge in [-0.15, -0.1) is 0 Å². The van der Waals surface area contributed by atoms with Crippen LogP contribution in [0.15, 0.2) is 47.4 Å². The molecule has 2 aromatic carbocycles. The smallest absolute Gasteiger partial charge is 0.262 e. The molecule has 112 valence electrons. The van der Waals surface area contributed by atoms with Crippen LogP contribution in [-0.2, 0) is 16.4 Å². The molecule has 0 spiro atoms. The molecule has 21 heavy (non-hydrogen) atoms. The van der Waals surface area contributed by atoms with E-state index in [0.29, 0.717) is 0 Å². The summed E-state index contributed by atoms with van der Waals surface area (Å²) in [5, 5.41) is 0. The maximum absolute atomic E-state index is 13.5. The van der Waals surface area contributed by atoms with E-state index in [2.05, 4.69) is 0 Å². The summed E-state index contributed by atoms with van der Waals surface area (Å²) in [5.74, 6) is -1.91. The molecule has 2 aromatic rings. The molecule has 0 saturated carbocycles. The van der Waals surface area contributed by atoms with Crippen LogP contribution in [0.4, 0.5) is 14.5 Å². The number of halogens is 2. The highest BCUT2D eigenvalue weighted by Crippen LogP contribution is 2.22. The van der Waals surface area contributed by atoms with Crippen molar-refractivity contribution in [2.75, 3.05) is 4.72 Å². The van der Waals surface area contributed by atoms with Crippen LogP contribution in [0.25, 0.3) is 0 Å². The molecule has 0 heterocycles. The lowest BCUT2D eigenvalue weighted by Gasteiger charge is -2.10. The van der Waals surface area contributed by atoms with E-state index < -0.39 is 27.3 Å². The third-order valence-electron chi connectivity index (χ3n) is 2.97. The number of para-hydroxylation sites is 1. The summed E-state index contributed by atoms with van der Waals surface area (Å²) in [5.41, 5.74) is 0.337. The van der Waals surface area contributed by atoms with Gasteiger partial charge in [0.1, 0.15) is 17.3 Å². The Morgan fingerprint density at radius 1 is 1.00 bits per heavy atom. The van der Waals surface area contributed by atoms with Gasteiger partial charge in [0.05, 0.1) is 4.90 Å². The van der Waals surface area contributed by atoms with Crippen LogP contribution in [-0.4, -0.2) is 8.42 Å². The van der Waals surface area contributed by atoms with Gasteiger partial charge in [-0.3, -0.25) is 4.72 Å². The minimum atomic E-state index is -4.02. The van der Waals surface area contributed by atoms with Gasteiger partial charge in [0.15, 0.2) is 0 Å². The maximum atomic E-state index is 13.5. The van der Waals surface area contributed by atoms with Crippen molar-refractivity contribution in [3.8, 4) is 0 Å². The molecule has 0 aliphatic heterocycles. The lowest BCUT2D eigenvalue weighted by molar-refractivity contribution is 0.583. The maximum Gasteiger partial charge on any atom is 0.262 e. The summed E-state index contributed by atoms with van der Waals surface area (Å²) in [6.07, 6.45) is 1.79. The Hall–Kier alpha value is -1.95. The van der Waals surface area contributed by atoms with Crippen LogP contribution in [0.3, 0.4) is 0 Å². The molecule has 0 aromatic heterocycles. The summed E-state index contributed by atoms with van der Waals surface area (Å²) in [4.78, 5) is -0.0370. The Labute approximate surface area is 122 Å². The van der Waals surface area contributed by atoms with Gasteiger partial charge < -0.3 is 0 Å². The molecule has 1 N–H and O–H groups in total. The number of benzene rings is 2. The number of hydrogen-bond donors (Lipinski definition) is 1. The number of hydrogen-bond acceptors (Lipinski definition) is 2. The lowest BCUT2D eigenvalue weighted by atomic mass is 10.1. The Bertz CT molecular complexity index is 708. The second-order valence-corrected chi connectivity index (χ2v) is 6.28. The summed E-state index contributed by atoms with van der Waals surface area (Å²) < 4.78 is 53.2. The van der Waals surface area contributed by atoms with Crippen LogP contribution in [0.1, 0.15) is 18.9 Å². The largest absolute Gasteiger partial charge is 0.274 e. The number of nitrogens with one attached hydrogen (secondary N) is 1. The fourth-order valence-corrected chi connectivity index (χ4v) is 2.99. The molecule has 0 bridgehead atoms. The number of anilines is 1. The Balaban J connectivity index is 2.30. The van der Waals surface area contributed by atoms with Crippen LogP contribution in [0.5, 0.6) is 0 Å². The van der Waals surface area contributed by atoms with Gasteiger partial charge in [-0.25, -0.2) is 17.2 Å². The first kappa shape index (κ1) is 15.4. The topological polar surface area (TPSA) is 46.2 Å². The average Bonchev–Trinajstić information content (AvgIpc) is 2.44. The van der Waals surface area contributed by atoms with E-state index in [1.165, 1.54) is 18.2 Å². The zero-order valence-electron chi connectivity index (χ0n) is 11.4. The minimum Gasteiger partial charge on any atom is -0.274 e. The Morgan fingerprint density at radius 2 is 1.57 bits per heavy atom. The van der Waals surface area contributed by atoms with Crippen molar-refractivity contribution in [3.63, 3.8) is 0 Å². The van der Waals surface area contributed by atoms with Crippen molar-refractivity contribution in [2.24, 2.45) is 0 Å². The fraction of sp³-hybridized carbons (Fsp3) is 0.200. The molecular weight excluding hydrogens is 296 g/mol. The van der Waals surface area contributed by atoms with Crippen molar-refractivity contribution >= 4 is 15.7 Å². The molecule has 0 radical (unpaired) electrons. The highest BCUT2D eigenvalue weighted by molar-refractivity contribution is 7.92. The van der Waals surface area contributed by atoms with E-state index in [1.807, 2.05) is 11.6 Å². The molecule has 0 saturated heterocycles. The molecule has 0 amide bonds. The van der Waals surface area contributed by atoms with Crippen LogP contribution >= 0.6 is 0 Å².